The molecule has 1 aliphatic rings. The highest BCUT2D eigenvalue weighted by Gasteiger charge is 2.41. The van der Waals surface area contributed by atoms with Gasteiger partial charge in [0, 0.05) is 13.0 Å². The highest BCUT2D eigenvalue weighted by molar-refractivity contribution is 5.79. The molecular weight excluding hydrogens is 244 g/mol. The van der Waals surface area contributed by atoms with Crippen LogP contribution in [0.1, 0.15) is 57.8 Å². The van der Waals surface area contributed by atoms with Gasteiger partial charge in [0.25, 0.3) is 0 Å². The molecule has 4 N–H and O–H groups in total. The number of hydrogen-bond donors (Lipinski definition) is 3. The van der Waals surface area contributed by atoms with E-state index < -0.39 is 11.4 Å². The minimum atomic E-state index is -0.770. The number of unbranched alkanes of at least 4 members (excludes halogenated alkanes) is 3. The van der Waals surface area contributed by atoms with Crippen molar-refractivity contribution in [1.29, 1.82) is 0 Å². The third-order valence-electron chi connectivity index (χ3n) is 4.00. The van der Waals surface area contributed by atoms with Gasteiger partial charge in [0.15, 0.2) is 0 Å². The molecule has 0 aromatic heterocycles. The van der Waals surface area contributed by atoms with Gasteiger partial charge < -0.3 is 16.2 Å². The maximum atomic E-state index is 11.7. The first-order valence-corrected chi connectivity index (χ1v) is 7.31. The first-order chi connectivity index (χ1) is 9.10. The van der Waals surface area contributed by atoms with Gasteiger partial charge in [-0.05, 0) is 32.2 Å². The van der Waals surface area contributed by atoms with Crippen LogP contribution in [0.5, 0.6) is 0 Å². The maximum Gasteiger partial charge on any atom is 0.311 e. The number of carbonyl (C=O) groups is 2. The molecule has 1 aliphatic carbocycles. The van der Waals surface area contributed by atoms with Gasteiger partial charge in [-0.15, -0.1) is 0 Å². The molecule has 1 amide bonds. The predicted molar refractivity (Wildman–Crippen MR) is 73.7 cm³/mol. The number of rotatable bonds is 9. The highest BCUT2D eigenvalue weighted by atomic mass is 16.4. The van der Waals surface area contributed by atoms with Gasteiger partial charge in [0.05, 0.1) is 5.41 Å². The minimum absolute atomic E-state index is 0.0275. The zero-order valence-corrected chi connectivity index (χ0v) is 11.6. The van der Waals surface area contributed by atoms with E-state index in [9.17, 15) is 14.7 Å². The van der Waals surface area contributed by atoms with Gasteiger partial charge in [0.2, 0.25) is 5.91 Å². The van der Waals surface area contributed by atoms with Crippen molar-refractivity contribution in [1.82, 2.24) is 5.32 Å². The summed E-state index contributed by atoms with van der Waals surface area (Å²) < 4.78 is 0. The van der Waals surface area contributed by atoms with E-state index >= 15 is 0 Å². The van der Waals surface area contributed by atoms with Crippen LogP contribution < -0.4 is 11.1 Å². The number of nitrogens with two attached hydrogens (primary N) is 1. The van der Waals surface area contributed by atoms with Gasteiger partial charge in [-0.2, -0.15) is 0 Å². The highest BCUT2D eigenvalue weighted by Crippen LogP contribution is 2.37. The largest absolute Gasteiger partial charge is 0.481 e. The van der Waals surface area contributed by atoms with Crippen LogP contribution in [-0.4, -0.2) is 30.1 Å². The summed E-state index contributed by atoms with van der Waals surface area (Å²) in [4.78, 5) is 23.0. The summed E-state index contributed by atoms with van der Waals surface area (Å²) in [5.41, 5.74) is 4.68. The molecule has 5 heteroatoms. The lowest BCUT2D eigenvalue weighted by Gasteiger charge is -2.23. The third kappa shape index (κ3) is 5.19. The average Bonchev–Trinajstić information content (AvgIpc) is 2.86. The van der Waals surface area contributed by atoms with Crippen molar-refractivity contribution in [3.05, 3.63) is 0 Å². The van der Waals surface area contributed by atoms with E-state index in [4.69, 9.17) is 5.73 Å². The van der Waals surface area contributed by atoms with Crippen molar-refractivity contribution in [3.8, 4) is 0 Å². The van der Waals surface area contributed by atoms with E-state index in [0.29, 0.717) is 25.8 Å². The summed E-state index contributed by atoms with van der Waals surface area (Å²) in [6.45, 7) is 0.983. The van der Waals surface area contributed by atoms with Crippen molar-refractivity contribution in [2.75, 3.05) is 13.1 Å². The number of hydrogen-bond acceptors (Lipinski definition) is 3. The Hall–Kier alpha value is -1.10. The average molecular weight is 270 g/mol. The van der Waals surface area contributed by atoms with Crippen LogP contribution >= 0.6 is 0 Å². The fourth-order valence-corrected chi connectivity index (χ4v) is 2.66. The van der Waals surface area contributed by atoms with Gasteiger partial charge in [-0.25, -0.2) is 0 Å². The molecule has 1 rings (SSSR count). The third-order valence-corrected chi connectivity index (χ3v) is 4.00. The van der Waals surface area contributed by atoms with Crippen LogP contribution in [-0.2, 0) is 9.59 Å². The van der Waals surface area contributed by atoms with Crippen LogP contribution in [0, 0.1) is 5.41 Å². The molecule has 1 fully saturated rings. The smallest absolute Gasteiger partial charge is 0.311 e. The molecule has 0 spiro atoms. The molecule has 0 bridgehead atoms. The number of aliphatic carboxylic acids is 1. The summed E-state index contributed by atoms with van der Waals surface area (Å²) in [6, 6.07) is 0. The van der Waals surface area contributed by atoms with Crippen LogP contribution in [0.15, 0.2) is 0 Å². The van der Waals surface area contributed by atoms with Gasteiger partial charge in [-0.3, -0.25) is 9.59 Å². The Balaban J connectivity index is 2.20. The topological polar surface area (TPSA) is 92.4 Å². The summed E-state index contributed by atoms with van der Waals surface area (Å²) >= 11 is 0. The normalized spacial score (nSPS) is 17.3. The van der Waals surface area contributed by atoms with Crippen LogP contribution in [0.4, 0.5) is 0 Å². The van der Waals surface area contributed by atoms with Crippen LogP contribution in [0.25, 0.3) is 0 Å². The van der Waals surface area contributed by atoms with Crippen LogP contribution in [0.3, 0.4) is 0 Å². The second kappa shape index (κ2) is 8.15. The Kier molecular flexibility index (Phi) is 6.84. The van der Waals surface area contributed by atoms with E-state index in [1.54, 1.807) is 0 Å². The monoisotopic (exact) mass is 270 g/mol. The fraction of sp³-hybridized carbons (Fsp3) is 0.857. The fourth-order valence-electron chi connectivity index (χ4n) is 2.66. The molecule has 0 atom stereocenters. The lowest BCUT2D eigenvalue weighted by Crippen LogP contribution is -2.41. The standard InChI is InChI=1S/C14H26N2O3/c15-10-6-2-1-3-7-12(17)16-11-14(13(18)19)8-4-5-9-14/h1-11,15H2,(H,16,17)(H,18,19). The number of nitrogens with one attached hydrogen (secondary N) is 1. The molecule has 0 saturated heterocycles. The summed E-state index contributed by atoms with van der Waals surface area (Å²) in [5.74, 6) is -0.798. The molecule has 0 aromatic rings. The first-order valence-electron chi connectivity index (χ1n) is 7.31. The van der Waals surface area contributed by atoms with E-state index in [2.05, 4.69) is 5.32 Å². The number of carbonyl (C=O) groups excluding carboxylic acids is 1. The second-order valence-corrected chi connectivity index (χ2v) is 5.52. The van der Waals surface area contributed by atoms with Crippen molar-refractivity contribution >= 4 is 11.9 Å². The van der Waals surface area contributed by atoms with Crippen molar-refractivity contribution in [3.63, 3.8) is 0 Å². The zero-order chi connectivity index (χ0) is 14.1. The Morgan fingerprint density at radius 3 is 2.32 bits per heavy atom. The van der Waals surface area contributed by atoms with Gasteiger partial charge in [-0.1, -0.05) is 25.7 Å². The molecular formula is C14H26N2O3. The van der Waals surface area contributed by atoms with Crippen molar-refractivity contribution < 1.29 is 14.7 Å². The molecule has 0 heterocycles. The summed E-state index contributed by atoms with van der Waals surface area (Å²) in [7, 11) is 0. The number of carboxylic acids is 1. The molecule has 0 unspecified atom stereocenters. The lowest BCUT2D eigenvalue weighted by atomic mass is 9.86. The molecule has 19 heavy (non-hydrogen) atoms. The molecule has 0 aromatic carbocycles. The summed E-state index contributed by atoms with van der Waals surface area (Å²) in [6.07, 6.45) is 7.66. The maximum absolute atomic E-state index is 11.7. The molecule has 0 aliphatic heterocycles. The Morgan fingerprint density at radius 1 is 1.11 bits per heavy atom. The van der Waals surface area contributed by atoms with E-state index in [1.165, 1.54) is 0 Å². The van der Waals surface area contributed by atoms with Crippen molar-refractivity contribution in [2.24, 2.45) is 11.1 Å². The molecule has 110 valence electrons. The van der Waals surface area contributed by atoms with Crippen molar-refractivity contribution in [2.45, 2.75) is 57.8 Å². The number of carboxylic acid groups (broad SMARTS) is 1. The molecule has 0 radical (unpaired) electrons. The van der Waals surface area contributed by atoms with E-state index in [1.807, 2.05) is 0 Å². The Morgan fingerprint density at radius 2 is 1.74 bits per heavy atom. The Labute approximate surface area is 114 Å². The predicted octanol–water partition coefficient (Wildman–Crippen LogP) is 1.66. The van der Waals surface area contributed by atoms with Gasteiger partial charge in [0.1, 0.15) is 0 Å². The van der Waals surface area contributed by atoms with Gasteiger partial charge >= 0.3 is 5.97 Å². The molecule has 5 nitrogen and oxygen atoms in total. The lowest BCUT2D eigenvalue weighted by molar-refractivity contribution is -0.148. The first kappa shape index (κ1) is 16.0. The SMILES string of the molecule is NCCCCCCC(=O)NCC1(C(=O)O)CCCC1. The number of amides is 1. The van der Waals surface area contributed by atoms with E-state index in [-0.39, 0.29) is 12.5 Å². The zero-order valence-electron chi connectivity index (χ0n) is 11.6. The quantitative estimate of drug-likeness (QED) is 0.555. The minimum Gasteiger partial charge on any atom is -0.481 e. The second-order valence-electron chi connectivity index (χ2n) is 5.52. The Bertz CT molecular complexity index is 299. The van der Waals surface area contributed by atoms with E-state index in [0.717, 1.165) is 38.5 Å². The molecule has 1 saturated carbocycles. The summed E-state index contributed by atoms with van der Waals surface area (Å²) in [5, 5.41) is 12.1. The van der Waals surface area contributed by atoms with Crippen LogP contribution in [0.2, 0.25) is 0 Å².